The number of ether oxygens (including phenoxy) is 2. The standard InChI is InChI=1S/C14H23N3O3/c1-10(2)20-13(18)9-19-12-8-6-4-5-7-11-14(12)15-16-17(11)3/h10,12H,4-9H2,1-3H3. The van der Waals surface area contributed by atoms with E-state index in [2.05, 4.69) is 10.3 Å². The van der Waals surface area contributed by atoms with Gasteiger partial charge in [-0.2, -0.15) is 0 Å². The van der Waals surface area contributed by atoms with Crippen molar-refractivity contribution in [1.82, 2.24) is 15.0 Å². The first-order valence-corrected chi connectivity index (χ1v) is 7.27. The minimum absolute atomic E-state index is 0.0289. The Kier molecular flexibility index (Phi) is 5.11. The van der Waals surface area contributed by atoms with E-state index >= 15 is 0 Å². The summed E-state index contributed by atoms with van der Waals surface area (Å²) in [6, 6.07) is 0. The van der Waals surface area contributed by atoms with Crippen molar-refractivity contribution in [2.75, 3.05) is 6.61 Å². The number of nitrogens with zero attached hydrogens (tertiary/aromatic N) is 3. The van der Waals surface area contributed by atoms with E-state index in [4.69, 9.17) is 9.47 Å². The average molecular weight is 281 g/mol. The van der Waals surface area contributed by atoms with Crippen LogP contribution in [0.15, 0.2) is 0 Å². The highest BCUT2D eigenvalue weighted by atomic mass is 16.6. The van der Waals surface area contributed by atoms with E-state index in [1.165, 1.54) is 6.42 Å². The zero-order chi connectivity index (χ0) is 14.5. The van der Waals surface area contributed by atoms with Gasteiger partial charge in [0.2, 0.25) is 0 Å². The van der Waals surface area contributed by atoms with Gasteiger partial charge in [-0.1, -0.05) is 18.1 Å². The number of fused-ring (bicyclic) bond motifs is 1. The Balaban J connectivity index is 2.01. The third kappa shape index (κ3) is 3.79. The molecule has 1 heterocycles. The van der Waals surface area contributed by atoms with Crippen LogP contribution >= 0.6 is 0 Å². The van der Waals surface area contributed by atoms with Crippen LogP contribution in [-0.2, 0) is 27.7 Å². The van der Waals surface area contributed by atoms with Crippen molar-refractivity contribution in [2.45, 2.75) is 58.2 Å². The summed E-state index contributed by atoms with van der Waals surface area (Å²) in [5, 5.41) is 8.29. The maximum Gasteiger partial charge on any atom is 0.332 e. The molecule has 0 amide bonds. The summed E-state index contributed by atoms with van der Waals surface area (Å²) in [5.74, 6) is -0.326. The molecule has 20 heavy (non-hydrogen) atoms. The molecule has 0 bridgehead atoms. The van der Waals surface area contributed by atoms with E-state index in [0.29, 0.717) is 0 Å². The van der Waals surface area contributed by atoms with Crippen molar-refractivity contribution < 1.29 is 14.3 Å². The summed E-state index contributed by atoms with van der Waals surface area (Å²) in [7, 11) is 1.90. The number of carbonyl (C=O) groups excluding carboxylic acids is 1. The summed E-state index contributed by atoms with van der Waals surface area (Å²) in [5.41, 5.74) is 2.00. The molecule has 0 aliphatic heterocycles. The van der Waals surface area contributed by atoms with Gasteiger partial charge >= 0.3 is 5.97 Å². The topological polar surface area (TPSA) is 66.2 Å². The summed E-state index contributed by atoms with van der Waals surface area (Å²) in [6.07, 6.45) is 4.97. The van der Waals surface area contributed by atoms with Gasteiger partial charge < -0.3 is 9.47 Å². The molecule has 1 unspecified atom stereocenters. The summed E-state index contributed by atoms with van der Waals surface area (Å²) >= 11 is 0. The second-order valence-corrected chi connectivity index (χ2v) is 5.48. The fraction of sp³-hybridized carbons (Fsp3) is 0.786. The van der Waals surface area contributed by atoms with Crippen LogP contribution < -0.4 is 0 Å². The van der Waals surface area contributed by atoms with Gasteiger partial charge in [0.25, 0.3) is 0 Å². The van der Waals surface area contributed by atoms with E-state index in [0.717, 1.165) is 37.1 Å². The monoisotopic (exact) mass is 281 g/mol. The number of aryl methyl sites for hydroxylation is 1. The van der Waals surface area contributed by atoms with Crippen molar-refractivity contribution in [3.63, 3.8) is 0 Å². The smallest absolute Gasteiger partial charge is 0.332 e. The second-order valence-electron chi connectivity index (χ2n) is 5.48. The quantitative estimate of drug-likeness (QED) is 0.789. The molecule has 0 saturated carbocycles. The van der Waals surface area contributed by atoms with Crippen LogP contribution in [0.3, 0.4) is 0 Å². The molecule has 0 spiro atoms. The SMILES string of the molecule is CC(C)OC(=O)COC1CCCCCc2c1nnn2C. The molecule has 1 aliphatic carbocycles. The van der Waals surface area contributed by atoms with Gasteiger partial charge in [-0.3, -0.25) is 4.68 Å². The highest BCUT2D eigenvalue weighted by Gasteiger charge is 2.24. The van der Waals surface area contributed by atoms with Crippen LogP contribution in [0, 0.1) is 0 Å². The Bertz CT molecular complexity index is 457. The molecule has 1 aliphatic rings. The van der Waals surface area contributed by atoms with Crippen molar-refractivity contribution in [2.24, 2.45) is 7.05 Å². The number of hydrogen-bond acceptors (Lipinski definition) is 5. The molecule has 2 rings (SSSR count). The van der Waals surface area contributed by atoms with Crippen LogP contribution in [-0.4, -0.2) is 33.7 Å². The number of esters is 1. The van der Waals surface area contributed by atoms with Crippen molar-refractivity contribution in [3.8, 4) is 0 Å². The van der Waals surface area contributed by atoms with Gasteiger partial charge in [-0.15, -0.1) is 5.10 Å². The molecule has 1 aromatic rings. The van der Waals surface area contributed by atoms with Gasteiger partial charge in [0, 0.05) is 7.05 Å². The molecule has 1 atom stereocenters. The zero-order valence-corrected chi connectivity index (χ0v) is 12.5. The maximum absolute atomic E-state index is 11.6. The second kappa shape index (κ2) is 6.83. The molecule has 6 heteroatoms. The lowest BCUT2D eigenvalue weighted by Gasteiger charge is -2.19. The predicted molar refractivity (Wildman–Crippen MR) is 73.1 cm³/mol. The van der Waals surface area contributed by atoms with Gasteiger partial charge in [-0.25, -0.2) is 4.79 Å². The lowest BCUT2D eigenvalue weighted by molar-refractivity contribution is -0.155. The molecule has 6 nitrogen and oxygen atoms in total. The minimum atomic E-state index is -0.326. The molecule has 1 aromatic heterocycles. The van der Waals surface area contributed by atoms with E-state index in [9.17, 15) is 4.79 Å². The van der Waals surface area contributed by atoms with Gasteiger partial charge in [-0.05, 0) is 33.1 Å². The fourth-order valence-corrected chi connectivity index (χ4v) is 2.50. The van der Waals surface area contributed by atoms with Crippen LogP contribution in [0.5, 0.6) is 0 Å². The number of hydrogen-bond donors (Lipinski definition) is 0. The molecule has 0 aromatic carbocycles. The normalized spacial score (nSPS) is 19.3. The summed E-state index contributed by atoms with van der Waals surface area (Å²) in [6.45, 7) is 3.63. The Hall–Kier alpha value is -1.43. The van der Waals surface area contributed by atoms with Gasteiger partial charge in [0.15, 0.2) is 0 Å². The molecule has 0 radical (unpaired) electrons. The van der Waals surface area contributed by atoms with Crippen molar-refractivity contribution in [3.05, 3.63) is 11.4 Å². The van der Waals surface area contributed by atoms with Crippen LogP contribution in [0.2, 0.25) is 0 Å². The fourth-order valence-electron chi connectivity index (χ4n) is 2.50. The van der Waals surface area contributed by atoms with Crippen molar-refractivity contribution in [1.29, 1.82) is 0 Å². The molecular weight excluding hydrogens is 258 g/mol. The summed E-state index contributed by atoms with van der Waals surface area (Å²) < 4.78 is 12.6. The Morgan fingerprint density at radius 2 is 2.20 bits per heavy atom. The van der Waals surface area contributed by atoms with E-state index in [-0.39, 0.29) is 24.8 Å². The van der Waals surface area contributed by atoms with Crippen LogP contribution in [0.1, 0.15) is 57.0 Å². The van der Waals surface area contributed by atoms with Crippen molar-refractivity contribution >= 4 is 5.97 Å². The average Bonchev–Trinajstić information content (AvgIpc) is 2.69. The molecule has 0 N–H and O–H groups in total. The number of aromatic nitrogens is 3. The number of carbonyl (C=O) groups is 1. The third-order valence-electron chi connectivity index (χ3n) is 3.43. The zero-order valence-electron chi connectivity index (χ0n) is 12.5. The van der Waals surface area contributed by atoms with E-state index in [1.807, 2.05) is 25.6 Å². The Morgan fingerprint density at radius 3 is 2.95 bits per heavy atom. The summed E-state index contributed by atoms with van der Waals surface area (Å²) in [4.78, 5) is 11.6. The largest absolute Gasteiger partial charge is 0.461 e. The molecular formula is C14H23N3O3. The first-order chi connectivity index (χ1) is 9.58. The lowest BCUT2D eigenvalue weighted by atomic mass is 9.99. The number of rotatable bonds is 4. The van der Waals surface area contributed by atoms with Gasteiger partial charge in [0.1, 0.15) is 18.4 Å². The molecule has 0 saturated heterocycles. The van der Waals surface area contributed by atoms with Crippen LogP contribution in [0.4, 0.5) is 0 Å². The van der Waals surface area contributed by atoms with E-state index in [1.54, 1.807) is 0 Å². The highest BCUT2D eigenvalue weighted by molar-refractivity contribution is 5.70. The maximum atomic E-state index is 11.6. The lowest BCUT2D eigenvalue weighted by Crippen LogP contribution is -2.20. The first-order valence-electron chi connectivity index (χ1n) is 7.27. The predicted octanol–water partition coefficient (Wildman–Crippen LogP) is 1.94. The van der Waals surface area contributed by atoms with Crippen LogP contribution in [0.25, 0.3) is 0 Å². The first kappa shape index (κ1) is 15.0. The Labute approximate surface area is 119 Å². The highest BCUT2D eigenvalue weighted by Crippen LogP contribution is 2.28. The third-order valence-corrected chi connectivity index (χ3v) is 3.43. The molecule has 0 fully saturated rings. The molecule has 112 valence electrons. The van der Waals surface area contributed by atoms with E-state index < -0.39 is 0 Å². The van der Waals surface area contributed by atoms with Gasteiger partial charge in [0.05, 0.1) is 11.8 Å². The minimum Gasteiger partial charge on any atom is -0.461 e. The Morgan fingerprint density at radius 1 is 1.40 bits per heavy atom.